The average molecular weight is 254 g/mol. The molecule has 0 radical (unpaired) electrons. The number of carbonyl (C=O) groups is 1. The van der Waals surface area contributed by atoms with E-state index in [1.165, 1.54) is 32.1 Å². The zero-order valence-electron chi connectivity index (χ0n) is 11.6. The summed E-state index contributed by atoms with van der Waals surface area (Å²) in [5.41, 5.74) is -0.129. The monoisotopic (exact) mass is 254 g/mol. The Bertz CT molecular complexity index is 294. The lowest BCUT2D eigenvalue weighted by Gasteiger charge is -2.52. The lowest BCUT2D eigenvalue weighted by molar-refractivity contribution is -0.142. The Morgan fingerprint density at radius 3 is 2.33 bits per heavy atom. The first-order chi connectivity index (χ1) is 8.57. The molecule has 0 unspecified atom stereocenters. The number of hydrogen-bond acceptors (Lipinski definition) is 3. The first kappa shape index (κ1) is 13.8. The van der Waals surface area contributed by atoms with Crippen LogP contribution >= 0.6 is 0 Å². The molecule has 2 rings (SSSR count). The smallest absolute Gasteiger partial charge is 0.305 e. The highest BCUT2D eigenvalue weighted by Crippen LogP contribution is 2.34. The lowest BCUT2D eigenvalue weighted by Crippen LogP contribution is -2.70. The van der Waals surface area contributed by atoms with Gasteiger partial charge in [0.15, 0.2) is 0 Å². The van der Waals surface area contributed by atoms with Crippen molar-refractivity contribution in [1.82, 2.24) is 10.2 Å². The first-order valence-electron chi connectivity index (χ1n) is 7.23. The number of aliphatic carboxylic acids is 1. The number of carboxylic acid groups (broad SMARTS) is 1. The normalized spacial score (nSPS) is 31.1. The minimum Gasteiger partial charge on any atom is -0.481 e. The Kier molecular flexibility index (Phi) is 4.28. The fraction of sp³-hybridized carbons (Fsp3) is 0.929. The van der Waals surface area contributed by atoms with Crippen molar-refractivity contribution >= 4 is 5.97 Å². The molecular weight excluding hydrogens is 228 g/mol. The molecule has 1 saturated heterocycles. The molecule has 1 aliphatic carbocycles. The van der Waals surface area contributed by atoms with Gasteiger partial charge in [0, 0.05) is 19.1 Å². The van der Waals surface area contributed by atoms with E-state index >= 15 is 0 Å². The summed E-state index contributed by atoms with van der Waals surface area (Å²) in [5, 5.41) is 12.3. The van der Waals surface area contributed by atoms with Crippen LogP contribution in [0.5, 0.6) is 0 Å². The minimum absolute atomic E-state index is 0.129. The summed E-state index contributed by atoms with van der Waals surface area (Å²) < 4.78 is 0. The molecule has 1 saturated carbocycles. The van der Waals surface area contributed by atoms with Crippen LogP contribution in [0.1, 0.15) is 45.4 Å². The third kappa shape index (κ3) is 2.69. The molecule has 2 N–H and O–H groups in total. The number of nitrogens with one attached hydrogen (secondary N) is 1. The van der Waals surface area contributed by atoms with E-state index in [0.29, 0.717) is 6.04 Å². The molecule has 0 aromatic heterocycles. The molecule has 2 aliphatic rings. The second-order valence-electron chi connectivity index (χ2n) is 6.09. The van der Waals surface area contributed by atoms with Gasteiger partial charge in [-0.1, -0.05) is 13.3 Å². The van der Waals surface area contributed by atoms with Gasteiger partial charge in [-0.25, -0.2) is 0 Å². The second-order valence-corrected chi connectivity index (χ2v) is 6.09. The van der Waals surface area contributed by atoms with Crippen molar-refractivity contribution in [2.75, 3.05) is 20.1 Å². The van der Waals surface area contributed by atoms with E-state index in [4.69, 9.17) is 5.11 Å². The van der Waals surface area contributed by atoms with Gasteiger partial charge in [0.1, 0.15) is 0 Å². The molecule has 18 heavy (non-hydrogen) atoms. The van der Waals surface area contributed by atoms with Gasteiger partial charge in [0.05, 0.1) is 12.0 Å². The average Bonchev–Trinajstić information content (AvgIpc) is 2.33. The molecule has 2 fully saturated rings. The van der Waals surface area contributed by atoms with Crippen LogP contribution in [0.15, 0.2) is 0 Å². The summed E-state index contributed by atoms with van der Waals surface area (Å²) in [4.78, 5) is 13.4. The van der Waals surface area contributed by atoms with E-state index in [2.05, 4.69) is 24.2 Å². The van der Waals surface area contributed by atoms with E-state index in [-0.39, 0.29) is 12.0 Å². The number of rotatable bonds is 5. The molecule has 0 aromatic rings. The van der Waals surface area contributed by atoms with E-state index in [9.17, 15) is 4.79 Å². The molecule has 0 bridgehead atoms. The molecule has 1 heterocycles. The maximum Gasteiger partial charge on any atom is 0.305 e. The quantitative estimate of drug-likeness (QED) is 0.784. The summed E-state index contributed by atoms with van der Waals surface area (Å²) >= 11 is 0. The standard InChI is InChI=1S/C14H26N2O2/c1-3-11-4-6-12(7-5-11)16(2)14(8-13(17)18)9-15-10-14/h11-12,15H,3-10H2,1-2H3,(H,17,18). The van der Waals surface area contributed by atoms with Gasteiger partial charge in [-0.05, 0) is 38.6 Å². The van der Waals surface area contributed by atoms with Gasteiger partial charge in [-0.2, -0.15) is 0 Å². The topological polar surface area (TPSA) is 52.6 Å². The van der Waals surface area contributed by atoms with E-state index in [1.807, 2.05) is 0 Å². The zero-order valence-corrected chi connectivity index (χ0v) is 11.6. The molecule has 0 atom stereocenters. The van der Waals surface area contributed by atoms with Gasteiger partial charge in [-0.3, -0.25) is 9.69 Å². The second kappa shape index (κ2) is 5.57. The zero-order chi connectivity index (χ0) is 13.2. The number of likely N-dealkylation sites (N-methyl/N-ethyl adjacent to an activating group) is 1. The van der Waals surface area contributed by atoms with Crippen molar-refractivity contribution in [2.45, 2.75) is 57.0 Å². The van der Waals surface area contributed by atoms with Crippen molar-refractivity contribution in [2.24, 2.45) is 5.92 Å². The Morgan fingerprint density at radius 2 is 1.94 bits per heavy atom. The predicted octanol–water partition coefficient (Wildman–Crippen LogP) is 1.70. The van der Waals surface area contributed by atoms with Crippen molar-refractivity contribution in [3.05, 3.63) is 0 Å². The van der Waals surface area contributed by atoms with Gasteiger partial charge < -0.3 is 10.4 Å². The van der Waals surface area contributed by atoms with Crippen LogP contribution < -0.4 is 5.32 Å². The Hall–Kier alpha value is -0.610. The van der Waals surface area contributed by atoms with Crippen LogP contribution in [-0.4, -0.2) is 47.7 Å². The summed E-state index contributed by atoms with van der Waals surface area (Å²) in [6.07, 6.45) is 6.64. The molecule has 4 heteroatoms. The molecule has 0 aromatic carbocycles. The molecule has 4 nitrogen and oxygen atoms in total. The number of carboxylic acids is 1. The third-order valence-electron chi connectivity index (χ3n) is 5.08. The van der Waals surface area contributed by atoms with Gasteiger partial charge in [0.25, 0.3) is 0 Å². The summed E-state index contributed by atoms with van der Waals surface area (Å²) in [6, 6.07) is 0.578. The van der Waals surface area contributed by atoms with Crippen molar-refractivity contribution in [3.63, 3.8) is 0 Å². The van der Waals surface area contributed by atoms with Gasteiger partial charge >= 0.3 is 5.97 Å². The van der Waals surface area contributed by atoms with Crippen LogP contribution in [0.3, 0.4) is 0 Å². The molecule has 1 aliphatic heterocycles. The minimum atomic E-state index is -0.675. The van der Waals surface area contributed by atoms with Gasteiger partial charge in [0.2, 0.25) is 0 Å². The fourth-order valence-corrected chi connectivity index (χ4v) is 3.52. The van der Waals surface area contributed by atoms with E-state index in [1.54, 1.807) is 0 Å². The summed E-state index contributed by atoms with van der Waals surface area (Å²) in [7, 11) is 2.13. The van der Waals surface area contributed by atoms with E-state index < -0.39 is 5.97 Å². The third-order valence-corrected chi connectivity index (χ3v) is 5.08. The van der Waals surface area contributed by atoms with Crippen molar-refractivity contribution in [1.29, 1.82) is 0 Å². The van der Waals surface area contributed by atoms with Crippen molar-refractivity contribution < 1.29 is 9.90 Å². The Labute approximate surface area is 110 Å². The highest BCUT2D eigenvalue weighted by Gasteiger charge is 2.45. The van der Waals surface area contributed by atoms with Crippen LogP contribution in [0.2, 0.25) is 0 Å². The number of nitrogens with zero attached hydrogens (tertiary/aromatic N) is 1. The Morgan fingerprint density at radius 1 is 1.33 bits per heavy atom. The highest BCUT2D eigenvalue weighted by atomic mass is 16.4. The van der Waals surface area contributed by atoms with Crippen LogP contribution in [0, 0.1) is 5.92 Å². The van der Waals surface area contributed by atoms with Gasteiger partial charge in [-0.15, -0.1) is 0 Å². The van der Waals surface area contributed by atoms with Crippen LogP contribution in [0.25, 0.3) is 0 Å². The lowest BCUT2D eigenvalue weighted by atomic mass is 9.79. The van der Waals surface area contributed by atoms with Crippen molar-refractivity contribution in [3.8, 4) is 0 Å². The SMILES string of the molecule is CCC1CCC(N(C)C2(CC(=O)O)CNC2)CC1. The Balaban J connectivity index is 1.93. The first-order valence-corrected chi connectivity index (χ1v) is 7.23. The number of hydrogen-bond donors (Lipinski definition) is 2. The highest BCUT2D eigenvalue weighted by molar-refractivity contribution is 5.68. The van der Waals surface area contributed by atoms with Crippen LogP contribution in [0.4, 0.5) is 0 Å². The molecule has 0 amide bonds. The predicted molar refractivity (Wildman–Crippen MR) is 71.7 cm³/mol. The summed E-state index contributed by atoms with van der Waals surface area (Å²) in [5.74, 6) is 0.218. The largest absolute Gasteiger partial charge is 0.481 e. The molecule has 104 valence electrons. The molecular formula is C14H26N2O2. The summed E-state index contributed by atoms with van der Waals surface area (Å²) in [6.45, 7) is 3.92. The van der Waals surface area contributed by atoms with E-state index in [0.717, 1.165) is 19.0 Å². The molecule has 0 spiro atoms. The van der Waals surface area contributed by atoms with Crippen LogP contribution in [-0.2, 0) is 4.79 Å². The maximum atomic E-state index is 11.0. The fourth-order valence-electron chi connectivity index (χ4n) is 3.52. The maximum absolute atomic E-state index is 11.0.